The van der Waals surface area contributed by atoms with E-state index in [1.165, 1.54) is 5.56 Å². The standard InChI is InChI=1S/C15H22N2O/c1-12-4-5-14(13(2)10-12)15(18)11-17-8-3-6-16-7-9-17/h4-5,10,16H,3,6-9,11H2,1-2H3. The van der Waals surface area contributed by atoms with E-state index in [0.717, 1.165) is 43.7 Å². The van der Waals surface area contributed by atoms with Crippen LogP contribution in [-0.4, -0.2) is 43.4 Å². The molecule has 0 aliphatic carbocycles. The van der Waals surface area contributed by atoms with E-state index in [-0.39, 0.29) is 5.78 Å². The predicted octanol–water partition coefficient (Wildman–Crippen LogP) is 1.78. The molecule has 1 aromatic rings. The van der Waals surface area contributed by atoms with Gasteiger partial charge in [0.15, 0.2) is 5.78 Å². The van der Waals surface area contributed by atoms with Crippen LogP contribution < -0.4 is 5.32 Å². The van der Waals surface area contributed by atoms with Crippen molar-refractivity contribution >= 4 is 5.78 Å². The zero-order chi connectivity index (χ0) is 13.0. The van der Waals surface area contributed by atoms with Crippen molar-refractivity contribution in [3.8, 4) is 0 Å². The average Bonchev–Trinajstić information content (AvgIpc) is 2.57. The van der Waals surface area contributed by atoms with Crippen molar-refractivity contribution in [2.75, 3.05) is 32.7 Å². The third-order valence-corrected chi connectivity index (χ3v) is 3.48. The summed E-state index contributed by atoms with van der Waals surface area (Å²) in [5.41, 5.74) is 3.17. The second-order valence-electron chi connectivity index (χ2n) is 5.12. The van der Waals surface area contributed by atoms with Gasteiger partial charge in [0.05, 0.1) is 6.54 Å². The highest BCUT2D eigenvalue weighted by Crippen LogP contribution is 2.12. The van der Waals surface area contributed by atoms with Gasteiger partial charge in [0, 0.05) is 18.7 Å². The molecule has 3 nitrogen and oxygen atoms in total. The first-order valence-corrected chi connectivity index (χ1v) is 6.70. The summed E-state index contributed by atoms with van der Waals surface area (Å²) >= 11 is 0. The maximum Gasteiger partial charge on any atom is 0.177 e. The summed E-state index contributed by atoms with van der Waals surface area (Å²) in [7, 11) is 0. The Kier molecular flexibility index (Phi) is 4.50. The Morgan fingerprint density at radius 1 is 1.28 bits per heavy atom. The highest BCUT2D eigenvalue weighted by atomic mass is 16.1. The fourth-order valence-corrected chi connectivity index (χ4v) is 2.47. The van der Waals surface area contributed by atoms with Crippen molar-refractivity contribution < 1.29 is 4.79 Å². The number of carbonyl (C=O) groups excluding carboxylic acids is 1. The normalized spacial score (nSPS) is 17.4. The van der Waals surface area contributed by atoms with E-state index >= 15 is 0 Å². The predicted molar refractivity (Wildman–Crippen MR) is 74.2 cm³/mol. The smallest absolute Gasteiger partial charge is 0.177 e. The monoisotopic (exact) mass is 246 g/mol. The van der Waals surface area contributed by atoms with Crippen LogP contribution in [0.4, 0.5) is 0 Å². The SMILES string of the molecule is Cc1ccc(C(=O)CN2CCCNCC2)c(C)c1. The molecule has 1 aliphatic heterocycles. The lowest BCUT2D eigenvalue weighted by atomic mass is 10.0. The molecular formula is C15H22N2O. The molecule has 0 saturated carbocycles. The van der Waals surface area contributed by atoms with E-state index in [9.17, 15) is 4.79 Å². The summed E-state index contributed by atoms with van der Waals surface area (Å²) in [6.07, 6.45) is 1.13. The first-order chi connectivity index (χ1) is 8.66. The highest BCUT2D eigenvalue weighted by molar-refractivity contribution is 5.98. The third-order valence-electron chi connectivity index (χ3n) is 3.48. The zero-order valence-electron chi connectivity index (χ0n) is 11.3. The van der Waals surface area contributed by atoms with Crippen LogP contribution in [-0.2, 0) is 0 Å². The van der Waals surface area contributed by atoms with Gasteiger partial charge in [0.1, 0.15) is 0 Å². The minimum atomic E-state index is 0.245. The van der Waals surface area contributed by atoms with Crippen LogP contribution in [0.15, 0.2) is 18.2 Å². The van der Waals surface area contributed by atoms with E-state index in [2.05, 4.69) is 23.2 Å². The van der Waals surface area contributed by atoms with Gasteiger partial charge in [0.2, 0.25) is 0 Å². The van der Waals surface area contributed by atoms with Gasteiger partial charge in [-0.1, -0.05) is 23.8 Å². The highest BCUT2D eigenvalue weighted by Gasteiger charge is 2.15. The molecule has 0 aromatic heterocycles. The summed E-state index contributed by atoms with van der Waals surface area (Å²) < 4.78 is 0. The van der Waals surface area contributed by atoms with Crippen LogP contribution in [0.5, 0.6) is 0 Å². The fraction of sp³-hybridized carbons (Fsp3) is 0.533. The lowest BCUT2D eigenvalue weighted by molar-refractivity contribution is 0.0934. The molecule has 3 heteroatoms. The Bertz CT molecular complexity index is 421. The van der Waals surface area contributed by atoms with E-state index in [1.54, 1.807) is 0 Å². The van der Waals surface area contributed by atoms with E-state index < -0.39 is 0 Å². The van der Waals surface area contributed by atoms with E-state index in [0.29, 0.717) is 6.54 Å². The van der Waals surface area contributed by atoms with Crippen LogP contribution in [0.3, 0.4) is 0 Å². The van der Waals surface area contributed by atoms with Crippen LogP contribution in [0.25, 0.3) is 0 Å². The Labute approximate surface area is 109 Å². The molecule has 1 fully saturated rings. The van der Waals surface area contributed by atoms with Crippen molar-refractivity contribution in [2.45, 2.75) is 20.3 Å². The Balaban J connectivity index is 2.02. The number of hydrogen-bond acceptors (Lipinski definition) is 3. The van der Waals surface area contributed by atoms with Crippen molar-refractivity contribution in [1.29, 1.82) is 0 Å². The summed E-state index contributed by atoms with van der Waals surface area (Å²) in [5.74, 6) is 0.245. The second-order valence-corrected chi connectivity index (χ2v) is 5.12. The number of ketones is 1. The summed E-state index contributed by atoms with van der Waals surface area (Å²) in [5, 5.41) is 3.36. The van der Waals surface area contributed by atoms with Gasteiger partial charge < -0.3 is 5.32 Å². The molecule has 2 rings (SSSR count). The quantitative estimate of drug-likeness (QED) is 0.825. The number of aryl methyl sites for hydroxylation is 2. The number of rotatable bonds is 3. The van der Waals surface area contributed by atoms with Gasteiger partial charge in [-0.05, 0) is 38.9 Å². The lowest BCUT2D eigenvalue weighted by Crippen LogP contribution is -2.33. The maximum atomic E-state index is 12.3. The summed E-state index contributed by atoms with van der Waals surface area (Å²) in [6.45, 7) is 8.66. The van der Waals surface area contributed by atoms with Crippen LogP contribution in [0.1, 0.15) is 27.9 Å². The van der Waals surface area contributed by atoms with Gasteiger partial charge in [-0.2, -0.15) is 0 Å². The molecule has 1 heterocycles. The largest absolute Gasteiger partial charge is 0.315 e. The first-order valence-electron chi connectivity index (χ1n) is 6.70. The summed E-state index contributed by atoms with van der Waals surface area (Å²) in [6, 6.07) is 6.06. The van der Waals surface area contributed by atoms with Gasteiger partial charge in [-0.25, -0.2) is 0 Å². The molecule has 1 aliphatic rings. The summed E-state index contributed by atoms with van der Waals surface area (Å²) in [4.78, 5) is 14.5. The number of hydrogen-bond donors (Lipinski definition) is 1. The topological polar surface area (TPSA) is 32.3 Å². The maximum absolute atomic E-state index is 12.3. The lowest BCUT2D eigenvalue weighted by Gasteiger charge is -2.18. The first kappa shape index (κ1) is 13.2. The van der Waals surface area contributed by atoms with E-state index in [4.69, 9.17) is 0 Å². The van der Waals surface area contributed by atoms with Crippen molar-refractivity contribution in [3.63, 3.8) is 0 Å². The molecule has 1 saturated heterocycles. The Hall–Kier alpha value is -1.19. The molecule has 0 atom stereocenters. The molecule has 0 spiro atoms. The Morgan fingerprint density at radius 2 is 2.11 bits per heavy atom. The van der Waals surface area contributed by atoms with Gasteiger partial charge in [-0.15, -0.1) is 0 Å². The van der Waals surface area contributed by atoms with Crippen molar-refractivity contribution in [2.24, 2.45) is 0 Å². The molecule has 1 N–H and O–H groups in total. The molecule has 0 radical (unpaired) electrons. The third kappa shape index (κ3) is 3.40. The Morgan fingerprint density at radius 3 is 2.89 bits per heavy atom. The number of benzene rings is 1. The van der Waals surface area contributed by atoms with E-state index in [1.807, 2.05) is 19.1 Å². The number of nitrogens with zero attached hydrogens (tertiary/aromatic N) is 1. The molecule has 0 unspecified atom stereocenters. The molecule has 0 bridgehead atoms. The molecule has 1 aromatic carbocycles. The minimum Gasteiger partial charge on any atom is -0.315 e. The second kappa shape index (κ2) is 6.12. The number of carbonyl (C=O) groups is 1. The average molecular weight is 246 g/mol. The van der Waals surface area contributed by atoms with Gasteiger partial charge in [0.25, 0.3) is 0 Å². The zero-order valence-corrected chi connectivity index (χ0v) is 11.3. The number of Topliss-reactive ketones (excluding diaryl/α,β-unsaturated/α-hetero) is 1. The van der Waals surface area contributed by atoms with Crippen molar-refractivity contribution in [3.05, 3.63) is 34.9 Å². The van der Waals surface area contributed by atoms with Crippen molar-refractivity contribution in [1.82, 2.24) is 10.2 Å². The van der Waals surface area contributed by atoms with Gasteiger partial charge in [-0.3, -0.25) is 9.69 Å². The fourth-order valence-electron chi connectivity index (χ4n) is 2.47. The van der Waals surface area contributed by atoms with Crippen LogP contribution >= 0.6 is 0 Å². The molecule has 98 valence electrons. The van der Waals surface area contributed by atoms with Gasteiger partial charge >= 0.3 is 0 Å². The molecule has 0 amide bonds. The van der Waals surface area contributed by atoms with Crippen LogP contribution in [0.2, 0.25) is 0 Å². The molecular weight excluding hydrogens is 224 g/mol. The number of nitrogens with one attached hydrogen (secondary N) is 1. The molecule has 18 heavy (non-hydrogen) atoms. The minimum absolute atomic E-state index is 0.245. The van der Waals surface area contributed by atoms with Crippen LogP contribution in [0, 0.1) is 13.8 Å².